The van der Waals surface area contributed by atoms with Crippen molar-refractivity contribution < 1.29 is 19.1 Å². The number of nitrogens with two attached hydrogens (primary N) is 1. The van der Waals surface area contributed by atoms with Gasteiger partial charge in [-0.05, 0) is 24.3 Å². The smallest absolute Gasteiger partial charge is 0.248 e. The Kier molecular flexibility index (Phi) is 4.12. The van der Waals surface area contributed by atoms with Crippen LogP contribution in [0.3, 0.4) is 0 Å². The molecule has 0 unspecified atom stereocenters. The number of halogens is 1. The number of nitrogens with zero attached hydrogens (tertiary/aromatic N) is 1. The average Bonchev–Trinajstić information content (AvgIpc) is 2.46. The number of anilines is 1. The van der Waals surface area contributed by atoms with Crippen molar-refractivity contribution in [3.8, 4) is 5.75 Å². The molecular weight excluding hydrogens is 287 g/mol. The fourth-order valence-electron chi connectivity index (χ4n) is 2.05. The van der Waals surface area contributed by atoms with Gasteiger partial charge in [0.25, 0.3) is 0 Å². The molecule has 114 valence electrons. The van der Waals surface area contributed by atoms with E-state index in [1.54, 1.807) is 14.1 Å². The third-order valence-electron chi connectivity index (χ3n) is 3.24. The number of amides is 1. The molecule has 0 saturated carbocycles. The molecule has 0 heterocycles. The summed E-state index contributed by atoms with van der Waals surface area (Å²) >= 11 is 0. The highest BCUT2D eigenvalue weighted by atomic mass is 19.1. The van der Waals surface area contributed by atoms with Crippen LogP contribution in [0.2, 0.25) is 0 Å². The van der Waals surface area contributed by atoms with E-state index in [4.69, 9.17) is 5.73 Å². The van der Waals surface area contributed by atoms with Gasteiger partial charge in [0.1, 0.15) is 11.3 Å². The first-order chi connectivity index (χ1) is 10.3. The standard InChI is InChI=1S/C16H15FN2O3/c1-19(2)11-7-8-12(20)13(14(11)17)15(21)9-3-5-10(6-4-9)16(18)22/h3-8,20H,1-2H3,(H2,18,22). The number of hydrogen-bond donors (Lipinski definition) is 2. The van der Waals surface area contributed by atoms with E-state index >= 15 is 0 Å². The van der Waals surface area contributed by atoms with Gasteiger partial charge in [0.05, 0.1) is 5.69 Å². The van der Waals surface area contributed by atoms with Crippen molar-refractivity contribution in [2.75, 3.05) is 19.0 Å². The van der Waals surface area contributed by atoms with Gasteiger partial charge in [-0.25, -0.2) is 4.39 Å². The lowest BCUT2D eigenvalue weighted by Gasteiger charge is -2.16. The zero-order valence-corrected chi connectivity index (χ0v) is 12.1. The van der Waals surface area contributed by atoms with Crippen molar-refractivity contribution in [2.45, 2.75) is 0 Å². The van der Waals surface area contributed by atoms with Gasteiger partial charge in [0.2, 0.25) is 5.91 Å². The molecule has 0 fully saturated rings. The monoisotopic (exact) mass is 302 g/mol. The summed E-state index contributed by atoms with van der Waals surface area (Å²) in [5, 5.41) is 9.82. The highest BCUT2D eigenvalue weighted by Gasteiger charge is 2.22. The third-order valence-corrected chi connectivity index (χ3v) is 3.24. The van der Waals surface area contributed by atoms with Crippen molar-refractivity contribution in [1.82, 2.24) is 0 Å². The van der Waals surface area contributed by atoms with E-state index < -0.39 is 28.8 Å². The van der Waals surface area contributed by atoms with Crippen molar-refractivity contribution in [3.05, 3.63) is 58.9 Å². The number of aromatic hydroxyl groups is 1. The first kappa shape index (κ1) is 15.5. The van der Waals surface area contributed by atoms with Crippen LogP contribution in [0, 0.1) is 5.82 Å². The summed E-state index contributed by atoms with van der Waals surface area (Å²) in [6.07, 6.45) is 0. The van der Waals surface area contributed by atoms with Crippen molar-refractivity contribution in [2.24, 2.45) is 5.73 Å². The van der Waals surface area contributed by atoms with Gasteiger partial charge in [-0.3, -0.25) is 9.59 Å². The highest BCUT2D eigenvalue weighted by molar-refractivity contribution is 6.11. The van der Waals surface area contributed by atoms with Crippen LogP contribution in [-0.2, 0) is 0 Å². The Bertz CT molecular complexity index is 740. The summed E-state index contributed by atoms with van der Waals surface area (Å²) < 4.78 is 14.4. The van der Waals surface area contributed by atoms with Crippen LogP contribution in [0.1, 0.15) is 26.3 Å². The second-order valence-electron chi connectivity index (χ2n) is 4.96. The minimum Gasteiger partial charge on any atom is -0.507 e. The van der Waals surface area contributed by atoms with Crippen LogP contribution in [-0.4, -0.2) is 30.9 Å². The van der Waals surface area contributed by atoms with Gasteiger partial charge in [-0.2, -0.15) is 0 Å². The number of phenolic OH excluding ortho intramolecular Hbond substituents is 1. The third kappa shape index (κ3) is 2.76. The highest BCUT2D eigenvalue weighted by Crippen LogP contribution is 2.30. The molecule has 2 aromatic rings. The molecule has 0 aliphatic heterocycles. The lowest BCUT2D eigenvalue weighted by molar-refractivity contribution is 0.0996. The Morgan fingerprint density at radius 3 is 2.09 bits per heavy atom. The lowest BCUT2D eigenvalue weighted by atomic mass is 9.99. The van der Waals surface area contributed by atoms with E-state index in [2.05, 4.69) is 0 Å². The van der Waals surface area contributed by atoms with E-state index in [0.29, 0.717) is 0 Å². The van der Waals surface area contributed by atoms with E-state index in [9.17, 15) is 19.1 Å². The SMILES string of the molecule is CN(C)c1ccc(O)c(C(=O)c2ccc(C(N)=O)cc2)c1F. The normalized spacial score (nSPS) is 10.3. The minimum absolute atomic E-state index is 0.148. The van der Waals surface area contributed by atoms with Gasteiger partial charge < -0.3 is 15.7 Å². The summed E-state index contributed by atoms with van der Waals surface area (Å²) in [5.41, 5.74) is 5.30. The number of rotatable bonds is 4. The lowest BCUT2D eigenvalue weighted by Crippen LogP contribution is -2.14. The van der Waals surface area contributed by atoms with E-state index in [0.717, 1.165) is 0 Å². The van der Waals surface area contributed by atoms with Gasteiger partial charge in [0, 0.05) is 25.2 Å². The largest absolute Gasteiger partial charge is 0.507 e. The van der Waals surface area contributed by atoms with Gasteiger partial charge in [-0.1, -0.05) is 12.1 Å². The number of phenols is 1. The van der Waals surface area contributed by atoms with Crippen molar-refractivity contribution >= 4 is 17.4 Å². The Morgan fingerprint density at radius 2 is 1.59 bits per heavy atom. The topological polar surface area (TPSA) is 83.6 Å². The summed E-state index contributed by atoms with van der Waals surface area (Å²) in [6.45, 7) is 0. The number of benzene rings is 2. The fourth-order valence-corrected chi connectivity index (χ4v) is 2.05. The molecule has 5 nitrogen and oxygen atoms in total. The molecule has 22 heavy (non-hydrogen) atoms. The van der Waals surface area contributed by atoms with Crippen molar-refractivity contribution in [1.29, 1.82) is 0 Å². The van der Waals surface area contributed by atoms with Crippen molar-refractivity contribution in [3.63, 3.8) is 0 Å². The predicted molar refractivity (Wildman–Crippen MR) is 80.8 cm³/mol. The molecule has 1 amide bonds. The first-order valence-electron chi connectivity index (χ1n) is 6.46. The molecule has 3 N–H and O–H groups in total. The van der Waals surface area contributed by atoms with Crippen LogP contribution >= 0.6 is 0 Å². The molecular formula is C16H15FN2O3. The minimum atomic E-state index is -0.797. The van der Waals surface area contributed by atoms with Crippen LogP contribution in [0.25, 0.3) is 0 Å². The maximum atomic E-state index is 14.4. The van der Waals surface area contributed by atoms with Crippen LogP contribution < -0.4 is 10.6 Å². The number of carbonyl (C=O) groups is 2. The van der Waals surface area contributed by atoms with Gasteiger partial charge in [-0.15, -0.1) is 0 Å². The molecule has 0 atom stereocenters. The molecule has 0 radical (unpaired) electrons. The van der Waals surface area contributed by atoms with E-state index in [1.807, 2.05) is 0 Å². The maximum absolute atomic E-state index is 14.4. The van der Waals surface area contributed by atoms with Crippen LogP contribution in [0.5, 0.6) is 5.75 Å². The summed E-state index contributed by atoms with van der Waals surface area (Å²) in [7, 11) is 3.26. The molecule has 0 aliphatic rings. The second-order valence-corrected chi connectivity index (χ2v) is 4.96. The number of primary amides is 1. The first-order valence-corrected chi connectivity index (χ1v) is 6.46. The number of carbonyl (C=O) groups excluding carboxylic acids is 2. The summed E-state index contributed by atoms with van der Waals surface area (Å²) in [4.78, 5) is 24.9. The molecule has 6 heteroatoms. The molecule has 2 rings (SSSR count). The second kappa shape index (κ2) is 5.85. The van der Waals surface area contributed by atoms with Crippen LogP contribution in [0.4, 0.5) is 10.1 Å². The number of hydrogen-bond acceptors (Lipinski definition) is 4. The quantitative estimate of drug-likeness (QED) is 0.845. The predicted octanol–water partition coefficient (Wildman–Crippen LogP) is 1.93. The Morgan fingerprint density at radius 1 is 1.05 bits per heavy atom. The Hall–Kier alpha value is -2.89. The molecule has 0 spiro atoms. The zero-order valence-electron chi connectivity index (χ0n) is 12.1. The summed E-state index contributed by atoms with van der Waals surface area (Å²) in [5.74, 6) is -2.53. The average molecular weight is 302 g/mol. The van der Waals surface area contributed by atoms with Crippen LogP contribution in [0.15, 0.2) is 36.4 Å². The Labute approximate surface area is 126 Å². The number of ketones is 1. The summed E-state index contributed by atoms with van der Waals surface area (Å²) in [6, 6.07) is 8.13. The fraction of sp³-hybridized carbons (Fsp3) is 0.125. The zero-order chi connectivity index (χ0) is 16.4. The van der Waals surface area contributed by atoms with Gasteiger partial charge >= 0.3 is 0 Å². The molecule has 0 bridgehead atoms. The van der Waals surface area contributed by atoms with E-state index in [-0.39, 0.29) is 16.8 Å². The Balaban J connectivity index is 2.49. The molecule has 0 saturated heterocycles. The molecule has 0 aromatic heterocycles. The molecule has 0 aliphatic carbocycles. The molecule has 2 aromatic carbocycles. The maximum Gasteiger partial charge on any atom is 0.248 e. The van der Waals surface area contributed by atoms with E-state index in [1.165, 1.54) is 41.3 Å². The van der Waals surface area contributed by atoms with Gasteiger partial charge in [0.15, 0.2) is 11.6 Å².